The predicted octanol–water partition coefficient (Wildman–Crippen LogP) is 1.82. The Morgan fingerprint density at radius 1 is 1.14 bits per heavy atom. The van der Waals surface area contributed by atoms with E-state index in [1.807, 2.05) is 6.92 Å². The van der Waals surface area contributed by atoms with Crippen molar-refractivity contribution in [1.29, 1.82) is 0 Å². The van der Waals surface area contributed by atoms with Gasteiger partial charge in [-0.25, -0.2) is 0 Å². The fourth-order valence-corrected chi connectivity index (χ4v) is 1.11. The second-order valence-corrected chi connectivity index (χ2v) is 3.66. The van der Waals surface area contributed by atoms with E-state index in [-0.39, 0.29) is 0 Å². The summed E-state index contributed by atoms with van der Waals surface area (Å²) in [6.07, 6.45) is 1.36. The Morgan fingerprint density at radius 3 is 2.36 bits per heavy atom. The minimum Gasteiger partial charge on any atom is -0.379 e. The molecule has 0 bridgehead atoms. The molecule has 1 N–H and O–H groups in total. The van der Waals surface area contributed by atoms with Gasteiger partial charge in [-0.15, -0.1) is 0 Å². The van der Waals surface area contributed by atoms with Gasteiger partial charge in [-0.1, -0.05) is 20.8 Å². The van der Waals surface area contributed by atoms with Crippen LogP contribution >= 0.6 is 0 Å². The molecule has 3 nitrogen and oxygen atoms in total. The van der Waals surface area contributed by atoms with Crippen molar-refractivity contribution in [3.63, 3.8) is 0 Å². The highest BCUT2D eigenvalue weighted by Crippen LogP contribution is 1.97. The molecule has 0 aromatic heterocycles. The molecule has 0 rings (SSSR count). The van der Waals surface area contributed by atoms with E-state index in [0.29, 0.717) is 25.4 Å². The monoisotopic (exact) mass is 203 g/mol. The second-order valence-electron chi connectivity index (χ2n) is 3.66. The van der Waals surface area contributed by atoms with Crippen LogP contribution in [-0.4, -0.2) is 38.5 Å². The highest BCUT2D eigenvalue weighted by atomic mass is 16.5. The minimum atomic E-state index is 0.317. The molecule has 86 valence electrons. The van der Waals surface area contributed by atoms with E-state index < -0.39 is 0 Å². The van der Waals surface area contributed by atoms with Crippen molar-refractivity contribution >= 4 is 0 Å². The summed E-state index contributed by atoms with van der Waals surface area (Å²) in [5.74, 6) is 0. The number of nitrogens with one attached hydrogen (secondary N) is 1. The molecule has 0 heterocycles. The molecule has 3 heteroatoms. The van der Waals surface area contributed by atoms with E-state index in [1.54, 1.807) is 0 Å². The standard InChI is InChI=1S/C11H25NO2/c1-5-11(9-12-10(3)4)14-8-7-13-6-2/h10-12H,5-9H2,1-4H3. The van der Waals surface area contributed by atoms with E-state index in [1.165, 1.54) is 0 Å². The van der Waals surface area contributed by atoms with Gasteiger partial charge in [0.2, 0.25) is 0 Å². The summed E-state index contributed by atoms with van der Waals surface area (Å²) in [5, 5.41) is 3.37. The molecule has 0 aromatic rings. The van der Waals surface area contributed by atoms with Crippen LogP contribution in [0.2, 0.25) is 0 Å². The topological polar surface area (TPSA) is 30.5 Å². The van der Waals surface area contributed by atoms with Crippen molar-refractivity contribution in [3.05, 3.63) is 0 Å². The van der Waals surface area contributed by atoms with Crippen LogP contribution in [0.15, 0.2) is 0 Å². The molecule has 0 saturated heterocycles. The molecule has 0 fully saturated rings. The first-order chi connectivity index (χ1) is 6.70. The van der Waals surface area contributed by atoms with Gasteiger partial charge in [0, 0.05) is 19.2 Å². The SMILES string of the molecule is CCOCCOC(CC)CNC(C)C. The molecule has 0 aliphatic heterocycles. The van der Waals surface area contributed by atoms with Crippen molar-refractivity contribution in [2.45, 2.75) is 46.3 Å². The Labute approximate surface area is 88.2 Å². The summed E-state index contributed by atoms with van der Waals surface area (Å²) in [4.78, 5) is 0. The van der Waals surface area contributed by atoms with E-state index in [4.69, 9.17) is 9.47 Å². The highest BCUT2D eigenvalue weighted by molar-refractivity contribution is 4.62. The molecule has 0 spiro atoms. The Balaban J connectivity index is 3.38. The fourth-order valence-electron chi connectivity index (χ4n) is 1.11. The van der Waals surface area contributed by atoms with Crippen LogP contribution in [0.25, 0.3) is 0 Å². The molecule has 1 atom stereocenters. The average Bonchev–Trinajstić information content (AvgIpc) is 2.16. The van der Waals surface area contributed by atoms with Crippen LogP contribution in [-0.2, 0) is 9.47 Å². The zero-order valence-corrected chi connectivity index (χ0v) is 10.0. The molecule has 14 heavy (non-hydrogen) atoms. The van der Waals surface area contributed by atoms with Crippen molar-refractivity contribution in [1.82, 2.24) is 5.32 Å². The molecule has 0 amide bonds. The molecular weight excluding hydrogens is 178 g/mol. The van der Waals surface area contributed by atoms with Crippen LogP contribution in [0.1, 0.15) is 34.1 Å². The zero-order chi connectivity index (χ0) is 10.8. The minimum absolute atomic E-state index is 0.317. The van der Waals surface area contributed by atoms with Gasteiger partial charge in [0.05, 0.1) is 19.3 Å². The summed E-state index contributed by atoms with van der Waals surface area (Å²) >= 11 is 0. The molecular formula is C11H25NO2. The van der Waals surface area contributed by atoms with Gasteiger partial charge < -0.3 is 14.8 Å². The van der Waals surface area contributed by atoms with Crippen molar-refractivity contribution < 1.29 is 9.47 Å². The van der Waals surface area contributed by atoms with E-state index in [0.717, 1.165) is 19.6 Å². The average molecular weight is 203 g/mol. The Kier molecular flexibility index (Phi) is 9.35. The Bertz CT molecular complexity index is 118. The summed E-state index contributed by atoms with van der Waals surface area (Å²) in [5.41, 5.74) is 0. The largest absolute Gasteiger partial charge is 0.379 e. The maximum atomic E-state index is 5.66. The Hall–Kier alpha value is -0.120. The summed E-state index contributed by atoms with van der Waals surface area (Å²) < 4.78 is 10.9. The lowest BCUT2D eigenvalue weighted by Crippen LogP contribution is -2.33. The fraction of sp³-hybridized carbons (Fsp3) is 1.00. The molecule has 0 saturated carbocycles. The van der Waals surface area contributed by atoms with Crippen LogP contribution in [0.3, 0.4) is 0 Å². The first-order valence-corrected chi connectivity index (χ1v) is 5.63. The van der Waals surface area contributed by atoms with Crippen molar-refractivity contribution in [3.8, 4) is 0 Å². The first kappa shape index (κ1) is 13.9. The lowest BCUT2D eigenvalue weighted by molar-refractivity contribution is 0.00584. The van der Waals surface area contributed by atoms with Crippen molar-refractivity contribution in [2.24, 2.45) is 0 Å². The lowest BCUT2D eigenvalue weighted by Gasteiger charge is -2.18. The van der Waals surface area contributed by atoms with Gasteiger partial charge in [0.15, 0.2) is 0 Å². The van der Waals surface area contributed by atoms with Gasteiger partial charge >= 0.3 is 0 Å². The van der Waals surface area contributed by atoms with Crippen LogP contribution in [0.5, 0.6) is 0 Å². The quantitative estimate of drug-likeness (QED) is 0.580. The zero-order valence-electron chi connectivity index (χ0n) is 10.0. The third kappa shape index (κ3) is 8.48. The molecule has 1 unspecified atom stereocenters. The summed E-state index contributed by atoms with van der Waals surface area (Å²) in [6.45, 7) is 11.5. The lowest BCUT2D eigenvalue weighted by atomic mass is 10.2. The number of rotatable bonds is 9. The third-order valence-corrected chi connectivity index (χ3v) is 1.99. The van der Waals surface area contributed by atoms with Crippen LogP contribution in [0, 0.1) is 0 Å². The maximum Gasteiger partial charge on any atom is 0.0704 e. The number of hydrogen-bond donors (Lipinski definition) is 1. The van der Waals surface area contributed by atoms with Crippen molar-refractivity contribution in [2.75, 3.05) is 26.4 Å². The maximum absolute atomic E-state index is 5.66. The van der Waals surface area contributed by atoms with Gasteiger partial charge in [0.1, 0.15) is 0 Å². The van der Waals surface area contributed by atoms with E-state index >= 15 is 0 Å². The van der Waals surface area contributed by atoms with E-state index in [9.17, 15) is 0 Å². The smallest absolute Gasteiger partial charge is 0.0704 e. The highest BCUT2D eigenvalue weighted by Gasteiger charge is 2.06. The summed E-state index contributed by atoms with van der Waals surface area (Å²) in [7, 11) is 0. The molecule has 0 aliphatic carbocycles. The number of ether oxygens (including phenoxy) is 2. The number of hydrogen-bond acceptors (Lipinski definition) is 3. The second kappa shape index (κ2) is 9.44. The van der Waals surface area contributed by atoms with Gasteiger partial charge in [-0.2, -0.15) is 0 Å². The third-order valence-electron chi connectivity index (χ3n) is 1.99. The summed E-state index contributed by atoms with van der Waals surface area (Å²) in [6, 6.07) is 0.527. The van der Waals surface area contributed by atoms with Gasteiger partial charge in [0.25, 0.3) is 0 Å². The predicted molar refractivity (Wildman–Crippen MR) is 59.7 cm³/mol. The first-order valence-electron chi connectivity index (χ1n) is 5.63. The molecule has 0 aromatic carbocycles. The molecule has 0 aliphatic rings. The Morgan fingerprint density at radius 2 is 1.86 bits per heavy atom. The molecule has 0 radical (unpaired) electrons. The normalized spacial score (nSPS) is 13.5. The van der Waals surface area contributed by atoms with Crippen LogP contribution in [0.4, 0.5) is 0 Å². The van der Waals surface area contributed by atoms with Crippen LogP contribution < -0.4 is 5.32 Å². The van der Waals surface area contributed by atoms with E-state index in [2.05, 4.69) is 26.1 Å². The van der Waals surface area contributed by atoms with Gasteiger partial charge in [-0.3, -0.25) is 0 Å². The van der Waals surface area contributed by atoms with Gasteiger partial charge in [-0.05, 0) is 13.3 Å².